The summed E-state index contributed by atoms with van der Waals surface area (Å²) in [4.78, 5) is 8.12. The number of nitrogens with zero attached hydrogens (tertiary/aromatic N) is 2. The van der Waals surface area contributed by atoms with E-state index >= 15 is 0 Å². The van der Waals surface area contributed by atoms with Crippen LogP contribution in [-0.4, -0.2) is 363 Å². The quantitative estimate of drug-likeness (QED) is 0.0217. The molecular formula is C59H122N2O47S2+2. The van der Waals surface area contributed by atoms with E-state index in [1.807, 2.05) is 0 Å². The van der Waals surface area contributed by atoms with Gasteiger partial charge in [-0.2, -0.15) is 12.6 Å². The molecular weight excluding hydrogens is 1550 g/mol. The standard InChI is InChI=1S/C59H120N2O47S2/c1-7-87-92-94-96-98-100-102-104-107-110(66,106-91-62,108-105-103-101-99-97-95-93-88-8-2)90-23-17-61(5,6)16-13-21-68-19-10-9-18-67-20-11-14-60(3,4)15-12-22-69-24-25-70-26-27-71-28-29-72-30-31-73-32-33-74-34-35-75-36-37-76-38-39-77-40-41-78-42-43-79-44-45-80-46-47-81-48-49-82-50-51-83-52-53-84-54-55-85-56-57-86-58-59-89-109(63,64)65/h7-8H,1-2,9-59H2,3-6H3/p+2. The van der Waals surface area contributed by atoms with Crippen molar-refractivity contribution in [3.63, 3.8) is 0 Å². The summed E-state index contributed by atoms with van der Waals surface area (Å²) in [6, 6.07) is 0. The topological polar surface area (TPSA) is 479 Å². The van der Waals surface area contributed by atoms with Crippen molar-refractivity contribution in [1.29, 1.82) is 0 Å². The molecule has 0 aromatic rings. The number of hydrogen-bond acceptors (Lipinski definition) is 46. The second-order valence-electron chi connectivity index (χ2n) is 22.3. The summed E-state index contributed by atoms with van der Waals surface area (Å²) < 4.78 is 176. The molecule has 51 heteroatoms. The van der Waals surface area contributed by atoms with Gasteiger partial charge in [0, 0.05) is 72.8 Å². The number of quaternary nitrogens is 2. The monoisotopic (exact) mass is 1670 g/mol. The Morgan fingerprint density at radius 3 is 0.709 bits per heavy atom. The van der Waals surface area contributed by atoms with E-state index in [1.165, 1.54) is 0 Å². The van der Waals surface area contributed by atoms with Crippen molar-refractivity contribution in [2.45, 2.75) is 32.1 Å². The van der Waals surface area contributed by atoms with E-state index in [2.05, 4.69) is 130 Å². The molecule has 0 unspecified atom stereocenters. The molecule has 0 rings (SSSR count). The molecule has 0 saturated heterocycles. The average molecular weight is 1680 g/mol. The molecule has 0 aromatic carbocycles. The zero-order valence-electron chi connectivity index (χ0n) is 63.6. The number of unbranched alkanes of at least 4 members (excludes halogenated alkanes) is 1. The first-order valence-electron chi connectivity index (χ1n) is 35.0. The van der Waals surface area contributed by atoms with Crippen molar-refractivity contribution < 1.29 is 233 Å². The van der Waals surface area contributed by atoms with Crippen LogP contribution in [0.3, 0.4) is 0 Å². The van der Waals surface area contributed by atoms with E-state index < -0.39 is 27.2 Å². The van der Waals surface area contributed by atoms with E-state index in [9.17, 15) is 12.6 Å². The Morgan fingerprint density at radius 1 is 0.273 bits per heavy atom. The molecule has 2 N–H and O–H groups in total. The SMILES string of the molecule is C=COOOOOOOOOS(=O)(OCC[N+](C)(C)CCCOCCCCOCCC[N+](C)(C)CCCOCCOCCOCCOCCOCCOCCOCCOCCOCCOCCOCCOCCOCCOCCOCCOCCOCCOCCOS(=O)(=O)O)(OOO)OOOOOOOOOC=C. The van der Waals surface area contributed by atoms with Crippen LogP contribution in [0.2, 0.25) is 0 Å². The highest BCUT2D eigenvalue weighted by atomic mass is 32.3. The first-order valence-corrected chi connectivity index (χ1v) is 38.0. The van der Waals surface area contributed by atoms with Gasteiger partial charge in [0.1, 0.15) is 25.7 Å². The lowest BCUT2D eigenvalue weighted by Crippen LogP contribution is -2.48. The van der Waals surface area contributed by atoms with Gasteiger partial charge in [0.05, 0.1) is 305 Å². The van der Waals surface area contributed by atoms with E-state index in [1.54, 1.807) is 14.1 Å². The van der Waals surface area contributed by atoms with Crippen molar-refractivity contribution in [3.05, 3.63) is 25.7 Å². The molecule has 0 radical (unpaired) electrons. The van der Waals surface area contributed by atoms with Crippen molar-refractivity contribution in [1.82, 2.24) is 0 Å². The van der Waals surface area contributed by atoms with Gasteiger partial charge in [0.2, 0.25) is 0 Å². The fourth-order valence-corrected chi connectivity index (χ4v) is 8.67. The van der Waals surface area contributed by atoms with Gasteiger partial charge >= 0.3 is 20.6 Å². The molecule has 0 bridgehead atoms. The lowest BCUT2D eigenvalue weighted by molar-refractivity contribution is -0.890. The van der Waals surface area contributed by atoms with Crippen LogP contribution >= 0.6 is 0 Å². The summed E-state index contributed by atoms with van der Waals surface area (Å²) in [5.41, 5.74) is 0. The van der Waals surface area contributed by atoms with Crippen molar-refractivity contribution >= 4 is 20.6 Å². The largest absolute Gasteiger partial charge is 0.397 e. The van der Waals surface area contributed by atoms with E-state index in [0.29, 0.717) is 264 Å². The minimum absolute atomic E-state index is 0.0151. The molecule has 660 valence electrons. The van der Waals surface area contributed by atoms with Crippen LogP contribution in [0.15, 0.2) is 25.7 Å². The number of likely N-dealkylation sites (N-methyl/N-ethyl adjacent to an activating group) is 1. The van der Waals surface area contributed by atoms with Gasteiger partial charge in [-0.1, -0.05) is 31.2 Å². The van der Waals surface area contributed by atoms with Crippen molar-refractivity contribution in [2.24, 2.45) is 0 Å². The Kier molecular flexibility index (Phi) is 79.6. The molecule has 0 atom stereocenters. The third-order valence-electron chi connectivity index (χ3n) is 12.7. The molecule has 0 aliphatic rings. The molecule has 49 nitrogen and oxygen atoms in total. The number of rotatable bonds is 98. The maximum Gasteiger partial charge on any atom is 0.397 e. The van der Waals surface area contributed by atoms with Crippen LogP contribution in [0.1, 0.15) is 32.1 Å². The van der Waals surface area contributed by atoms with E-state index in [0.717, 1.165) is 55.8 Å². The van der Waals surface area contributed by atoms with Crippen LogP contribution in [0.4, 0.5) is 0 Å². The number of hydrogen-bond donors (Lipinski definition) is 2. The molecule has 0 spiro atoms. The second-order valence-corrected chi connectivity index (χ2v) is 25.4. The molecule has 0 aromatic heterocycles. The zero-order valence-corrected chi connectivity index (χ0v) is 65.2. The summed E-state index contributed by atoms with van der Waals surface area (Å²) in [6.07, 6.45) is 5.70. The van der Waals surface area contributed by atoms with Gasteiger partial charge in [-0.3, -0.25) is 4.55 Å². The lowest BCUT2D eigenvalue weighted by Gasteiger charge is -2.33. The molecule has 0 amide bonds. The fourth-order valence-electron chi connectivity index (χ4n) is 7.54. The summed E-state index contributed by atoms with van der Waals surface area (Å²) in [6.45, 7) is 25.9. The van der Waals surface area contributed by atoms with Gasteiger partial charge < -0.3 is 113 Å². The third kappa shape index (κ3) is 83.4. The minimum Gasteiger partial charge on any atom is -0.381 e. The third-order valence-corrected chi connectivity index (χ3v) is 14.6. The number of ether oxygens (including phenoxy) is 20. The highest BCUT2D eigenvalue weighted by Gasteiger charge is 2.51. The normalized spacial score (nSPS) is 12.7. The molecule has 0 fully saturated rings. The van der Waals surface area contributed by atoms with Gasteiger partial charge in [0.15, 0.2) is 0 Å². The maximum atomic E-state index is 13.5. The molecule has 0 heterocycles. The predicted octanol–water partition coefficient (Wildman–Crippen LogP) is 1.38. The highest BCUT2D eigenvalue weighted by molar-refractivity contribution is 8.02. The smallest absolute Gasteiger partial charge is 0.381 e. The highest BCUT2D eigenvalue weighted by Crippen LogP contribution is 2.34. The molecule has 0 aliphatic carbocycles. The Hall–Kier alpha value is -2.58. The van der Waals surface area contributed by atoms with Gasteiger partial charge in [0.25, 0.3) is 0 Å². The van der Waals surface area contributed by atoms with Crippen LogP contribution in [-0.2, 0) is 222 Å². The first-order chi connectivity index (χ1) is 53.6. The van der Waals surface area contributed by atoms with E-state index in [-0.39, 0.29) is 30.8 Å². The average Bonchev–Trinajstić information content (AvgIpc) is 0.787. The molecule has 110 heavy (non-hydrogen) atoms. The Labute approximate surface area is 641 Å². The van der Waals surface area contributed by atoms with Crippen molar-refractivity contribution in [2.75, 3.05) is 332 Å². The van der Waals surface area contributed by atoms with Gasteiger partial charge in [-0.15, -0.1) is 0 Å². The summed E-state index contributed by atoms with van der Waals surface area (Å²) in [5.74, 6) is 0. The molecule has 0 aliphatic heterocycles. The maximum absolute atomic E-state index is 13.5. The molecule has 0 saturated carbocycles. The Balaban J connectivity index is 3.55. The van der Waals surface area contributed by atoms with Crippen LogP contribution < -0.4 is 0 Å². The van der Waals surface area contributed by atoms with Crippen LogP contribution in [0, 0.1) is 0 Å². The minimum atomic E-state index is -6.38. The predicted molar refractivity (Wildman–Crippen MR) is 359 cm³/mol. The second kappa shape index (κ2) is 81.6. The van der Waals surface area contributed by atoms with Gasteiger partial charge in [-0.25, -0.2) is 13.6 Å². The zero-order chi connectivity index (χ0) is 80.1. The summed E-state index contributed by atoms with van der Waals surface area (Å²) in [7, 11) is -2.85. The van der Waals surface area contributed by atoms with Crippen LogP contribution in [0.25, 0.3) is 0 Å². The lowest BCUT2D eigenvalue weighted by atomic mass is 10.3. The van der Waals surface area contributed by atoms with Crippen LogP contribution in [0.5, 0.6) is 0 Å². The van der Waals surface area contributed by atoms with E-state index in [4.69, 9.17) is 109 Å². The Bertz CT molecular complexity index is 2070. The van der Waals surface area contributed by atoms with Crippen molar-refractivity contribution in [3.8, 4) is 0 Å². The fraction of sp³-hybridized carbons (Fsp3) is 0.932. The summed E-state index contributed by atoms with van der Waals surface area (Å²) >= 11 is 0. The van der Waals surface area contributed by atoms with Gasteiger partial charge in [-0.05, 0) is 43.1 Å². The summed E-state index contributed by atoms with van der Waals surface area (Å²) in [5, 5.41) is 65.9. The Morgan fingerprint density at radius 2 is 0.473 bits per heavy atom. The first kappa shape index (κ1) is 107.